The number of rotatable bonds is 4. The standard InChI is InChI=1S/C22H29N3O4/c1-14-3-4-16(29-2)11-17(14)15-5-9-25(10-6-15)21(27)19-18(20(26)24-28)12-22(7-8-22)13-23-19/h3-5,11,18-19,23,28H,6-10,12-13H2,1-2H3,(H,24,26). The van der Waals surface area contributed by atoms with Crippen LogP contribution in [0.4, 0.5) is 0 Å². The van der Waals surface area contributed by atoms with Gasteiger partial charge in [0.25, 0.3) is 0 Å². The van der Waals surface area contributed by atoms with Crippen LogP contribution in [0.15, 0.2) is 24.3 Å². The first-order valence-electron chi connectivity index (χ1n) is 10.3. The van der Waals surface area contributed by atoms with Crippen LogP contribution in [0.1, 0.15) is 36.8 Å². The van der Waals surface area contributed by atoms with Crippen molar-refractivity contribution in [2.75, 3.05) is 26.7 Å². The predicted octanol–water partition coefficient (Wildman–Crippen LogP) is 1.88. The van der Waals surface area contributed by atoms with Crippen LogP contribution in [0.5, 0.6) is 5.75 Å². The van der Waals surface area contributed by atoms with Crippen LogP contribution in [0.25, 0.3) is 5.57 Å². The Kier molecular flexibility index (Phi) is 5.36. The summed E-state index contributed by atoms with van der Waals surface area (Å²) < 4.78 is 5.35. The van der Waals surface area contributed by atoms with Gasteiger partial charge in [-0.15, -0.1) is 0 Å². The van der Waals surface area contributed by atoms with E-state index in [1.54, 1.807) is 17.5 Å². The number of benzene rings is 1. The summed E-state index contributed by atoms with van der Waals surface area (Å²) in [5.41, 5.74) is 5.44. The molecule has 1 aliphatic carbocycles. The molecule has 3 N–H and O–H groups in total. The summed E-state index contributed by atoms with van der Waals surface area (Å²) in [5.74, 6) is -0.244. The molecule has 2 atom stereocenters. The van der Waals surface area contributed by atoms with Gasteiger partial charge < -0.3 is 15.0 Å². The zero-order chi connectivity index (χ0) is 20.6. The second-order valence-corrected chi connectivity index (χ2v) is 8.59. The third-order valence-corrected chi connectivity index (χ3v) is 6.73. The molecular weight excluding hydrogens is 370 g/mol. The Bertz CT molecular complexity index is 846. The number of carbonyl (C=O) groups excluding carboxylic acids is 2. The van der Waals surface area contributed by atoms with E-state index in [4.69, 9.17) is 9.94 Å². The number of ether oxygens (including phenoxy) is 1. The zero-order valence-corrected chi connectivity index (χ0v) is 17.0. The van der Waals surface area contributed by atoms with E-state index in [-0.39, 0.29) is 11.3 Å². The van der Waals surface area contributed by atoms with Crippen LogP contribution < -0.4 is 15.5 Å². The number of carbonyl (C=O) groups is 2. The van der Waals surface area contributed by atoms with Gasteiger partial charge in [-0.3, -0.25) is 14.8 Å². The van der Waals surface area contributed by atoms with Crippen molar-refractivity contribution < 1.29 is 19.5 Å². The number of amides is 2. The summed E-state index contributed by atoms with van der Waals surface area (Å²) in [6.45, 7) is 3.96. The molecule has 2 fully saturated rings. The summed E-state index contributed by atoms with van der Waals surface area (Å²) in [5, 5.41) is 12.4. The maximum absolute atomic E-state index is 13.2. The van der Waals surface area contributed by atoms with Gasteiger partial charge in [-0.05, 0) is 66.9 Å². The molecular formula is C22H29N3O4. The smallest absolute Gasteiger partial charge is 0.248 e. The molecule has 29 heavy (non-hydrogen) atoms. The summed E-state index contributed by atoms with van der Waals surface area (Å²) in [6, 6.07) is 5.45. The number of piperidine rings is 1. The quantitative estimate of drug-likeness (QED) is 0.531. The number of methoxy groups -OCH3 is 1. The molecule has 0 bridgehead atoms. The Morgan fingerprint density at radius 1 is 1.34 bits per heavy atom. The Balaban J connectivity index is 1.47. The van der Waals surface area contributed by atoms with Crippen molar-refractivity contribution in [1.82, 2.24) is 15.7 Å². The number of hydroxylamine groups is 1. The van der Waals surface area contributed by atoms with Crippen molar-refractivity contribution in [1.29, 1.82) is 0 Å². The van der Waals surface area contributed by atoms with Crippen LogP contribution in [-0.2, 0) is 9.59 Å². The molecule has 2 aliphatic heterocycles. The van der Waals surface area contributed by atoms with Gasteiger partial charge >= 0.3 is 0 Å². The fourth-order valence-corrected chi connectivity index (χ4v) is 4.65. The van der Waals surface area contributed by atoms with E-state index >= 15 is 0 Å². The van der Waals surface area contributed by atoms with E-state index in [2.05, 4.69) is 18.3 Å². The zero-order valence-electron chi connectivity index (χ0n) is 17.0. The maximum Gasteiger partial charge on any atom is 0.248 e. The highest BCUT2D eigenvalue weighted by Gasteiger charge is 2.52. The highest BCUT2D eigenvalue weighted by molar-refractivity contribution is 5.90. The monoisotopic (exact) mass is 399 g/mol. The number of aryl methyl sites for hydroxylation is 1. The van der Waals surface area contributed by atoms with Crippen molar-refractivity contribution in [3.8, 4) is 5.75 Å². The lowest BCUT2D eigenvalue weighted by atomic mass is 9.81. The molecule has 1 saturated heterocycles. The van der Waals surface area contributed by atoms with E-state index < -0.39 is 17.9 Å². The van der Waals surface area contributed by atoms with Crippen molar-refractivity contribution in [2.24, 2.45) is 11.3 Å². The second kappa shape index (κ2) is 7.80. The first kappa shape index (κ1) is 19.9. The molecule has 2 amide bonds. The molecule has 1 aromatic carbocycles. The minimum absolute atomic E-state index is 0.0632. The van der Waals surface area contributed by atoms with Crippen molar-refractivity contribution in [3.05, 3.63) is 35.4 Å². The Morgan fingerprint density at radius 3 is 2.76 bits per heavy atom. The van der Waals surface area contributed by atoms with Crippen LogP contribution in [0.2, 0.25) is 0 Å². The molecule has 1 aromatic rings. The predicted molar refractivity (Wildman–Crippen MR) is 108 cm³/mol. The van der Waals surface area contributed by atoms with Gasteiger partial charge in [0.15, 0.2) is 0 Å². The van der Waals surface area contributed by atoms with Crippen LogP contribution in [0, 0.1) is 18.3 Å². The van der Waals surface area contributed by atoms with E-state index in [1.807, 2.05) is 18.2 Å². The average Bonchev–Trinajstić information content (AvgIpc) is 3.51. The lowest BCUT2D eigenvalue weighted by molar-refractivity contribution is -0.144. The molecule has 0 aromatic heterocycles. The Morgan fingerprint density at radius 2 is 2.14 bits per heavy atom. The lowest BCUT2D eigenvalue weighted by Crippen LogP contribution is -2.59. The Hall–Kier alpha value is -2.38. The van der Waals surface area contributed by atoms with E-state index in [0.29, 0.717) is 19.5 Å². The van der Waals surface area contributed by atoms with Gasteiger partial charge in [0.2, 0.25) is 11.8 Å². The minimum atomic E-state index is -0.582. The van der Waals surface area contributed by atoms with Crippen molar-refractivity contribution in [2.45, 2.75) is 38.6 Å². The lowest BCUT2D eigenvalue weighted by Gasteiger charge is -2.38. The molecule has 1 spiro atoms. The minimum Gasteiger partial charge on any atom is -0.497 e. The van der Waals surface area contributed by atoms with Gasteiger partial charge in [0, 0.05) is 19.6 Å². The Labute approximate surface area is 171 Å². The summed E-state index contributed by atoms with van der Waals surface area (Å²) in [6.07, 6.45) is 5.65. The maximum atomic E-state index is 13.2. The molecule has 1 saturated carbocycles. The number of hydrogen-bond acceptors (Lipinski definition) is 5. The molecule has 3 aliphatic rings. The van der Waals surface area contributed by atoms with Crippen LogP contribution in [-0.4, -0.2) is 54.7 Å². The highest BCUT2D eigenvalue weighted by atomic mass is 16.5. The van der Waals surface area contributed by atoms with Gasteiger partial charge in [0.05, 0.1) is 19.1 Å². The molecule has 0 radical (unpaired) electrons. The first-order valence-corrected chi connectivity index (χ1v) is 10.3. The SMILES string of the molecule is COc1ccc(C)c(C2=CCN(C(=O)C3NCC4(CC4)CC3C(=O)NO)CC2)c1. The highest BCUT2D eigenvalue weighted by Crippen LogP contribution is 2.52. The van der Waals surface area contributed by atoms with Crippen LogP contribution >= 0.6 is 0 Å². The molecule has 156 valence electrons. The number of nitrogens with zero attached hydrogens (tertiary/aromatic N) is 1. The van der Waals surface area contributed by atoms with Crippen molar-refractivity contribution >= 4 is 17.4 Å². The average molecular weight is 399 g/mol. The normalized spacial score (nSPS) is 25.3. The summed E-state index contributed by atoms with van der Waals surface area (Å²) in [7, 11) is 1.66. The van der Waals surface area contributed by atoms with Gasteiger partial charge in [-0.2, -0.15) is 0 Å². The topological polar surface area (TPSA) is 90.9 Å². The first-order chi connectivity index (χ1) is 14.0. The molecule has 4 rings (SSSR count). The molecule has 2 heterocycles. The number of hydrogen-bond donors (Lipinski definition) is 3. The van der Waals surface area contributed by atoms with E-state index in [0.717, 1.165) is 37.1 Å². The van der Waals surface area contributed by atoms with Gasteiger partial charge in [-0.1, -0.05) is 12.1 Å². The third kappa shape index (κ3) is 3.89. The number of nitrogens with one attached hydrogen (secondary N) is 2. The fraction of sp³-hybridized carbons (Fsp3) is 0.545. The van der Waals surface area contributed by atoms with Gasteiger partial charge in [0.1, 0.15) is 5.75 Å². The van der Waals surface area contributed by atoms with Crippen LogP contribution in [0.3, 0.4) is 0 Å². The summed E-state index contributed by atoms with van der Waals surface area (Å²) in [4.78, 5) is 27.2. The molecule has 7 nitrogen and oxygen atoms in total. The second-order valence-electron chi connectivity index (χ2n) is 8.59. The molecule has 7 heteroatoms. The molecule has 2 unspecified atom stereocenters. The fourth-order valence-electron chi connectivity index (χ4n) is 4.65. The van der Waals surface area contributed by atoms with Gasteiger partial charge in [-0.25, -0.2) is 5.48 Å². The third-order valence-electron chi connectivity index (χ3n) is 6.73. The summed E-state index contributed by atoms with van der Waals surface area (Å²) >= 11 is 0. The van der Waals surface area contributed by atoms with E-state index in [1.165, 1.54) is 11.1 Å². The largest absolute Gasteiger partial charge is 0.497 e. The van der Waals surface area contributed by atoms with E-state index in [9.17, 15) is 9.59 Å². The van der Waals surface area contributed by atoms with Crippen molar-refractivity contribution in [3.63, 3.8) is 0 Å².